The third kappa shape index (κ3) is 2.45. The van der Waals surface area contributed by atoms with E-state index in [4.69, 9.17) is 0 Å². The fraction of sp³-hybridized carbons (Fsp3) is 0.0769. The van der Waals surface area contributed by atoms with Crippen LogP contribution in [0.2, 0.25) is 0 Å². The summed E-state index contributed by atoms with van der Waals surface area (Å²) in [7, 11) is 0. The highest BCUT2D eigenvalue weighted by Crippen LogP contribution is 2.20. The molecule has 0 saturated carbocycles. The molecule has 0 aliphatic carbocycles. The number of amides is 1. The molecule has 0 aliphatic heterocycles. The minimum absolute atomic E-state index is 0.308. The van der Waals surface area contributed by atoms with Crippen LogP contribution in [0.25, 0.3) is 0 Å². The number of hydrogen-bond donors (Lipinski definition) is 2. The van der Waals surface area contributed by atoms with Crippen molar-refractivity contribution >= 4 is 11.7 Å². The van der Waals surface area contributed by atoms with Crippen LogP contribution in [0.15, 0.2) is 36.5 Å². The molecule has 0 spiro atoms. The number of carbonyl (C=O) groups excluding carboxylic acids is 1. The van der Waals surface area contributed by atoms with E-state index in [0.717, 1.165) is 11.6 Å². The van der Waals surface area contributed by atoms with E-state index in [1.165, 1.54) is 18.3 Å². The van der Waals surface area contributed by atoms with Gasteiger partial charge >= 0.3 is 0 Å². The second kappa shape index (κ2) is 4.83. The number of nitrogens with one attached hydrogen (secondary N) is 1. The first-order chi connectivity index (χ1) is 8.58. The summed E-state index contributed by atoms with van der Waals surface area (Å²) in [5.41, 5.74) is 0.527. The van der Waals surface area contributed by atoms with E-state index in [1.54, 1.807) is 12.1 Å². The molecule has 1 aromatic heterocycles. The van der Waals surface area contributed by atoms with Gasteiger partial charge in [0.2, 0.25) is 0 Å². The number of aromatic hydroxyl groups is 1. The highest BCUT2D eigenvalue weighted by Gasteiger charge is 2.16. The Kier molecular flexibility index (Phi) is 3.23. The quantitative estimate of drug-likeness (QED) is 0.855. The van der Waals surface area contributed by atoms with Crippen molar-refractivity contribution < 1.29 is 14.3 Å². The second-order valence-corrected chi connectivity index (χ2v) is 3.81. The second-order valence-electron chi connectivity index (χ2n) is 3.81. The largest absolute Gasteiger partial charge is 0.507 e. The topological polar surface area (TPSA) is 62.2 Å². The minimum Gasteiger partial charge on any atom is -0.507 e. The molecule has 18 heavy (non-hydrogen) atoms. The van der Waals surface area contributed by atoms with Crippen molar-refractivity contribution in [1.82, 2.24) is 4.98 Å². The number of rotatable bonds is 2. The van der Waals surface area contributed by atoms with Crippen LogP contribution >= 0.6 is 0 Å². The Morgan fingerprint density at radius 2 is 2.17 bits per heavy atom. The molecule has 0 fully saturated rings. The maximum absolute atomic E-state index is 13.4. The van der Waals surface area contributed by atoms with Crippen LogP contribution in [0, 0.1) is 12.7 Å². The molecule has 1 amide bonds. The van der Waals surface area contributed by atoms with Crippen LogP contribution in [0.5, 0.6) is 5.75 Å². The zero-order valence-corrected chi connectivity index (χ0v) is 9.64. The molecule has 2 aromatic rings. The maximum atomic E-state index is 13.4. The fourth-order valence-corrected chi connectivity index (χ4v) is 1.52. The van der Waals surface area contributed by atoms with Gasteiger partial charge in [0.1, 0.15) is 22.9 Å². The standard InChI is InChI=1S/C13H11FN2O2/c1-8-5-6-15-11(7-8)16-13(18)12-9(14)3-2-4-10(12)17/h2-7,17H,1H3,(H,15,16,18). The van der Waals surface area contributed by atoms with E-state index in [1.807, 2.05) is 6.92 Å². The minimum atomic E-state index is -0.778. The van der Waals surface area contributed by atoms with E-state index >= 15 is 0 Å². The summed E-state index contributed by atoms with van der Waals surface area (Å²) in [5, 5.41) is 11.9. The molecular formula is C13H11FN2O2. The number of benzene rings is 1. The molecule has 0 bridgehead atoms. The molecule has 1 heterocycles. The average Bonchev–Trinajstić information content (AvgIpc) is 2.28. The molecule has 4 nitrogen and oxygen atoms in total. The highest BCUT2D eigenvalue weighted by molar-refractivity contribution is 6.05. The third-order valence-corrected chi connectivity index (χ3v) is 2.38. The lowest BCUT2D eigenvalue weighted by Crippen LogP contribution is -2.14. The van der Waals surface area contributed by atoms with Crippen molar-refractivity contribution in [2.75, 3.05) is 5.32 Å². The fourth-order valence-electron chi connectivity index (χ4n) is 1.52. The van der Waals surface area contributed by atoms with Gasteiger partial charge in [-0.2, -0.15) is 0 Å². The Labute approximate surface area is 103 Å². The number of anilines is 1. The number of halogens is 1. The number of pyridine rings is 1. The van der Waals surface area contributed by atoms with Crippen molar-refractivity contribution in [1.29, 1.82) is 0 Å². The summed E-state index contributed by atoms with van der Waals surface area (Å²) in [6.45, 7) is 1.85. The molecular weight excluding hydrogens is 235 g/mol. The number of aromatic nitrogens is 1. The van der Waals surface area contributed by atoms with Crippen molar-refractivity contribution in [3.05, 3.63) is 53.5 Å². The SMILES string of the molecule is Cc1ccnc(NC(=O)c2c(O)cccc2F)c1. The zero-order valence-electron chi connectivity index (χ0n) is 9.64. The smallest absolute Gasteiger partial charge is 0.263 e. The van der Waals surface area contributed by atoms with Crippen LogP contribution in [0.1, 0.15) is 15.9 Å². The van der Waals surface area contributed by atoms with Gasteiger partial charge in [0.25, 0.3) is 5.91 Å². The third-order valence-electron chi connectivity index (χ3n) is 2.38. The summed E-state index contributed by atoms with van der Waals surface area (Å²) in [6, 6.07) is 7.11. The first-order valence-corrected chi connectivity index (χ1v) is 5.29. The van der Waals surface area contributed by atoms with Gasteiger partial charge in [-0.25, -0.2) is 9.37 Å². The monoisotopic (exact) mass is 246 g/mol. The lowest BCUT2D eigenvalue weighted by atomic mass is 10.1. The van der Waals surface area contributed by atoms with Crippen molar-refractivity contribution in [3.63, 3.8) is 0 Å². The summed E-state index contributed by atoms with van der Waals surface area (Å²) >= 11 is 0. The van der Waals surface area contributed by atoms with E-state index in [9.17, 15) is 14.3 Å². The summed E-state index contributed by atoms with van der Waals surface area (Å²) in [6.07, 6.45) is 1.53. The van der Waals surface area contributed by atoms with Gasteiger partial charge in [0, 0.05) is 6.20 Å². The van der Waals surface area contributed by atoms with Crippen LogP contribution < -0.4 is 5.32 Å². The van der Waals surface area contributed by atoms with Gasteiger partial charge in [-0.3, -0.25) is 4.79 Å². The van der Waals surface area contributed by atoms with Gasteiger partial charge in [-0.05, 0) is 36.8 Å². The summed E-state index contributed by atoms with van der Waals surface area (Å²) < 4.78 is 13.4. The number of phenols is 1. The summed E-state index contributed by atoms with van der Waals surface area (Å²) in [5.74, 6) is -1.60. The van der Waals surface area contributed by atoms with Gasteiger partial charge in [0.05, 0.1) is 0 Å². The van der Waals surface area contributed by atoms with Crippen LogP contribution in [0.4, 0.5) is 10.2 Å². The highest BCUT2D eigenvalue weighted by atomic mass is 19.1. The number of aryl methyl sites for hydroxylation is 1. The number of nitrogens with zero attached hydrogens (tertiary/aromatic N) is 1. The van der Waals surface area contributed by atoms with E-state index in [2.05, 4.69) is 10.3 Å². The Bertz CT molecular complexity index is 579. The van der Waals surface area contributed by atoms with E-state index < -0.39 is 17.5 Å². The molecule has 0 aliphatic rings. The predicted molar refractivity (Wildman–Crippen MR) is 65.0 cm³/mol. The molecule has 2 N–H and O–H groups in total. The van der Waals surface area contributed by atoms with Crippen molar-refractivity contribution in [3.8, 4) is 5.75 Å². The van der Waals surface area contributed by atoms with Gasteiger partial charge in [-0.1, -0.05) is 6.07 Å². The normalized spacial score (nSPS) is 10.1. The van der Waals surface area contributed by atoms with Gasteiger partial charge in [0.15, 0.2) is 0 Å². The first kappa shape index (κ1) is 12.0. The lowest BCUT2D eigenvalue weighted by molar-refractivity contribution is 0.102. The molecule has 0 unspecified atom stereocenters. The van der Waals surface area contributed by atoms with E-state index in [0.29, 0.717) is 5.82 Å². The molecule has 0 atom stereocenters. The van der Waals surface area contributed by atoms with Crippen LogP contribution in [-0.4, -0.2) is 16.0 Å². The maximum Gasteiger partial charge on any atom is 0.263 e. The Hall–Kier alpha value is -2.43. The summed E-state index contributed by atoms with van der Waals surface area (Å²) in [4.78, 5) is 15.7. The van der Waals surface area contributed by atoms with Crippen molar-refractivity contribution in [2.24, 2.45) is 0 Å². The zero-order chi connectivity index (χ0) is 13.1. The molecule has 1 aromatic carbocycles. The molecule has 5 heteroatoms. The van der Waals surface area contributed by atoms with Crippen molar-refractivity contribution in [2.45, 2.75) is 6.92 Å². The Morgan fingerprint density at radius 1 is 1.39 bits per heavy atom. The van der Waals surface area contributed by atoms with Crippen LogP contribution in [-0.2, 0) is 0 Å². The molecule has 0 radical (unpaired) electrons. The molecule has 2 rings (SSSR count). The van der Waals surface area contributed by atoms with E-state index in [-0.39, 0.29) is 5.56 Å². The van der Waals surface area contributed by atoms with Gasteiger partial charge in [-0.15, -0.1) is 0 Å². The number of hydrogen-bond acceptors (Lipinski definition) is 3. The molecule has 0 saturated heterocycles. The Balaban J connectivity index is 2.28. The Morgan fingerprint density at radius 3 is 2.83 bits per heavy atom. The lowest BCUT2D eigenvalue weighted by Gasteiger charge is -2.07. The average molecular weight is 246 g/mol. The first-order valence-electron chi connectivity index (χ1n) is 5.29. The van der Waals surface area contributed by atoms with Crippen LogP contribution in [0.3, 0.4) is 0 Å². The predicted octanol–water partition coefficient (Wildman–Crippen LogP) is 2.49. The number of carbonyl (C=O) groups is 1. The van der Waals surface area contributed by atoms with Gasteiger partial charge < -0.3 is 10.4 Å². The number of phenolic OH excluding ortho intramolecular Hbond substituents is 1. The molecule has 92 valence electrons.